The molecule has 21 nitrogen and oxygen atoms in total. The van der Waals surface area contributed by atoms with Gasteiger partial charge in [-0.2, -0.15) is 64.8 Å². The van der Waals surface area contributed by atoms with Crippen LogP contribution in [0, 0.1) is 20.2 Å². The summed E-state index contributed by atoms with van der Waals surface area (Å²) < 4.78 is 192. The molecule has 2 aromatic carbocycles. The lowest BCUT2D eigenvalue weighted by molar-refractivity contribution is -0.386. The molecule has 0 saturated heterocycles. The van der Waals surface area contributed by atoms with E-state index in [1.54, 1.807) is 13.8 Å². The van der Waals surface area contributed by atoms with Crippen LogP contribution in [0.5, 0.6) is 17.5 Å². The smallest absolute Gasteiger partial charge is 0.389 e. The van der Waals surface area contributed by atoms with Gasteiger partial charge < -0.3 is 33.8 Å². The maximum atomic E-state index is 12.6. The highest BCUT2D eigenvalue weighted by Gasteiger charge is 2.53. The highest BCUT2D eigenvalue weighted by Crippen LogP contribution is 2.45. The van der Waals surface area contributed by atoms with Gasteiger partial charge in [-0.25, -0.2) is 9.97 Å². The van der Waals surface area contributed by atoms with Crippen LogP contribution in [0.2, 0.25) is 0 Å². The largest absolute Gasteiger partial charge is 0.534 e. The molecule has 0 aliphatic heterocycles. The molecule has 0 bridgehead atoms. The molecule has 2 aromatic heterocycles. The van der Waals surface area contributed by atoms with Gasteiger partial charge in [0.15, 0.2) is 0 Å². The quantitative estimate of drug-likeness (QED) is 0.0407. The van der Waals surface area contributed by atoms with Crippen LogP contribution in [0.15, 0.2) is 48.5 Å². The first-order chi connectivity index (χ1) is 27.8. The van der Waals surface area contributed by atoms with Crippen LogP contribution in [0.25, 0.3) is 21.8 Å². The van der Waals surface area contributed by atoms with Gasteiger partial charge in [0, 0.05) is 18.5 Å². The standard InChI is InChI=1S/C14H14F3N3O6S.C11H4F6N2O8S2.C4H11NO.2CH4/c1-13(2,21)7-18-10-8-5-3-4-6-9(8)19-12(11(10)20(22)23)26-27(24,25)14(15,16)17;12-10(13,14)28(22,23)26-8-5-3-1-2-4-6(5)18-9(7(8)19(20)21)27-29(24,25)11(15,16)17;1-4(2,6)3-5;;/h3-6,21H,7H2,1-2H3,(H,18,19);1-4H;6H,3,5H2,1-2H3;2*1H4. The number of aromatic nitrogens is 2. The molecule has 2 heterocycles. The zero-order valence-electron chi connectivity index (χ0n) is 31.2. The highest BCUT2D eigenvalue weighted by atomic mass is 32.2. The molecular formula is C31H37F9N6O15S3. The van der Waals surface area contributed by atoms with Crippen molar-refractivity contribution in [1.82, 2.24) is 9.97 Å². The Labute approximate surface area is 356 Å². The summed E-state index contributed by atoms with van der Waals surface area (Å²) in [6.45, 7) is 6.22. The third-order valence-corrected chi connectivity index (χ3v) is 9.45. The van der Waals surface area contributed by atoms with E-state index in [4.69, 9.17) is 10.8 Å². The summed E-state index contributed by atoms with van der Waals surface area (Å²) in [5, 5.41) is 43.1. The Kier molecular flexibility index (Phi) is 18.7. The Bertz CT molecular complexity index is 2650. The molecule has 0 unspecified atom stereocenters. The number of aliphatic hydroxyl groups is 2. The van der Waals surface area contributed by atoms with Crippen molar-refractivity contribution in [3.8, 4) is 17.5 Å². The van der Waals surface area contributed by atoms with E-state index in [0.29, 0.717) is 6.54 Å². The first-order valence-corrected chi connectivity index (χ1v) is 20.0. The molecule has 0 atom stereocenters. The average Bonchev–Trinajstić information content (AvgIpc) is 3.08. The van der Waals surface area contributed by atoms with E-state index in [1.807, 2.05) is 0 Å². The molecule has 4 aromatic rings. The monoisotopic (exact) mass is 1000 g/mol. The topological polar surface area (TPSA) is 321 Å². The Balaban J connectivity index is 0.00000107. The fraction of sp³-hybridized carbons (Fsp3) is 0.419. The molecule has 0 fully saturated rings. The number of nitrogens with two attached hydrogens (primary N) is 1. The van der Waals surface area contributed by atoms with Crippen molar-refractivity contribution in [2.75, 3.05) is 18.4 Å². The van der Waals surface area contributed by atoms with Crippen molar-refractivity contribution in [3.05, 3.63) is 68.8 Å². The minimum Gasteiger partial charge on any atom is -0.389 e. The van der Waals surface area contributed by atoms with Gasteiger partial charge in [0.2, 0.25) is 5.75 Å². The zero-order chi connectivity index (χ0) is 48.2. The van der Waals surface area contributed by atoms with E-state index >= 15 is 0 Å². The Morgan fingerprint density at radius 2 is 0.953 bits per heavy atom. The second-order valence-corrected chi connectivity index (χ2v) is 17.5. The van der Waals surface area contributed by atoms with Gasteiger partial charge in [0.1, 0.15) is 5.69 Å². The number of hydrogen-bond donors (Lipinski definition) is 4. The zero-order valence-corrected chi connectivity index (χ0v) is 33.7. The van der Waals surface area contributed by atoms with E-state index in [9.17, 15) is 90.1 Å². The van der Waals surface area contributed by atoms with E-state index in [1.165, 1.54) is 38.1 Å². The van der Waals surface area contributed by atoms with E-state index < -0.39 is 108 Å². The molecule has 0 aliphatic carbocycles. The molecule has 0 saturated carbocycles. The maximum Gasteiger partial charge on any atom is 0.534 e. The number of fused-ring (bicyclic) bond motifs is 2. The summed E-state index contributed by atoms with van der Waals surface area (Å²) in [4.78, 5) is 26.5. The normalized spacial score (nSPS) is 12.6. The lowest BCUT2D eigenvalue weighted by Crippen LogP contribution is -2.30. The number of nitrogens with one attached hydrogen (secondary N) is 1. The van der Waals surface area contributed by atoms with Crippen molar-refractivity contribution in [1.29, 1.82) is 0 Å². The molecule has 4 rings (SSSR count). The van der Waals surface area contributed by atoms with Crippen molar-refractivity contribution < 1.29 is 97.4 Å². The number of nitro groups is 2. The molecule has 33 heteroatoms. The number of anilines is 1. The summed E-state index contributed by atoms with van der Waals surface area (Å²) in [6, 6.07) is 9.45. The van der Waals surface area contributed by atoms with Gasteiger partial charge in [-0.15, -0.1) is 0 Å². The van der Waals surface area contributed by atoms with Crippen LogP contribution in [0.3, 0.4) is 0 Å². The van der Waals surface area contributed by atoms with Crippen molar-refractivity contribution in [3.63, 3.8) is 0 Å². The van der Waals surface area contributed by atoms with Gasteiger partial charge in [0.25, 0.3) is 0 Å². The Hall–Kier alpha value is -5.64. The van der Waals surface area contributed by atoms with Crippen LogP contribution in [-0.2, 0) is 30.4 Å². The van der Waals surface area contributed by atoms with Crippen LogP contribution in [-0.4, -0.2) is 96.1 Å². The summed E-state index contributed by atoms with van der Waals surface area (Å²) in [6.07, 6.45) is 0. The third kappa shape index (κ3) is 15.0. The van der Waals surface area contributed by atoms with Crippen LogP contribution < -0.4 is 23.6 Å². The minimum absolute atomic E-state index is 0. The lowest BCUT2D eigenvalue weighted by Gasteiger charge is -2.20. The summed E-state index contributed by atoms with van der Waals surface area (Å²) in [5.41, 5.74) is -19.1. The number of halogens is 9. The third-order valence-electron chi connectivity index (χ3n) is 6.61. The second-order valence-electron chi connectivity index (χ2n) is 12.9. The SMILES string of the molecule is C.C.CC(C)(O)CN.CC(C)(O)CNc1c([N+](=O)[O-])c(OS(=O)(=O)C(F)(F)F)nc2ccccc12.O=[N+]([O-])c1c(OS(=O)(=O)C(F)(F)F)nc2ccccc2c1OS(=O)(=O)C(F)(F)F. The molecular weight excluding hydrogens is 964 g/mol. The van der Waals surface area contributed by atoms with Gasteiger partial charge >= 0.3 is 70.0 Å². The van der Waals surface area contributed by atoms with Crippen molar-refractivity contribution >= 4 is 69.2 Å². The van der Waals surface area contributed by atoms with Crippen molar-refractivity contribution in [2.45, 2.75) is 70.3 Å². The molecule has 0 aliphatic rings. The molecule has 362 valence electrons. The summed E-state index contributed by atoms with van der Waals surface area (Å²) in [7, 11) is -19.3. The van der Waals surface area contributed by atoms with Crippen LogP contribution in [0.4, 0.5) is 56.6 Å². The minimum atomic E-state index is -6.56. The predicted octanol–water partition coefficient (Wildman–Crippen LogP) is 6.14. The molecule has 5 N–H and O–H groups in total. The predicted molar refractivity (Wildman–Crippen MR) is 207 cm³/mol. The van der Waals surface area contributed by atoms with Gasteiger partial charge in [-0.3, -0.25) is 20.2 Å². The number of alkyl halides is 9. The summed E-state index contributed by atoms with van der Waals surface area (Å²) in [5.74, 6) is -5.04. The van der Waals surface area contributed by atoms with Crippen LogP contribution >= 0.6 is 0 Å². The first-order valence-electron chi connectivity index (χ1n) is 15.8. The number of benzene rings is 2. The van der Waals surface area contributed by atoms with Gasteiger partial charge in [-0.05, 0) is 45.9 Å². The van der Waals surface area contributed by atoms with Gasteiger partial charge in [0.05, 0.1) is 37.5 Å². The van der Waals surface area contributed by atoms with Crippen LogP contribution in [0.1, 0.15) is 42.5 Å². The Morgan fingerprint density at radius 3 is 1.30 bits per heavy atom. The fourth-order valence-corrected chi connectivity index (χ4v) is 5.12. The summed E-state index contributed by atoms with van der Waals surface area (Å²) >= 11 is 0. The fourth-order valence-electron chi connectivity index (χ4n) is 3.80. The Morgan fingerprint density at radius 1 is 0.625 bits per heavy atom. The number of pyridine rings is 2. The number of hydrogen-bond acceptors (Lipinski definition) is 19. The highest BCUT2D eigenvalue weighted by molar-refractivity contribution is 7.88. The second kappa shape index (κ2) is 20.5. The van der Waals surface area contributed by atoms with Crippen molar-refractivity contribution in [2.24, 2.45) is 5.73 Å². The molecule has 0 amide bonds. The van der Waals surface area contributed by atoms with E-state index in [-0.39, 0.29) is 38.0 Å². The number of rotatable bonds is 12. The van der Waals surface area contributed by atoms with Gasteiger partial charge in [-0.1, -0.05) is 45.2 Å². The first kappa shape index (κ1) is 58.4. The number of nitrogens with zero attached hydrogens (tertiary/aromatic N) is 4. The lowest BCUT2D eigenvalue weighted by atomic mass is 10.1. The van der Waals surface area contributed by atoms with E-state index in [2.05, 4.69) is 27.8 Å². The molecule has 0 radical (unpaired) electrons. The molecule has 64 heavy (non-hydrogen) atoms. The number of para-hydroxylation sites is 2. The molecule has 0 spiro atoms. The maximum absolute atomic E-state index is 12.6. The van der Waals surface area contributed by atoms with E-state index in [0.717, 1.165) is 24.3 Å². The average molecular weight is 1000 g/mol.